The number of piperidine rings is 1. The van der Waals surface area contributed by atoms with E-state index in [1.807, 2.05) is 6.92 Å². The molecule has 2 saturated heterocycles. The summed E-state index contributed by atoms with van der Waals surface area (Å²) in [6.45, 7) is 4.51. The van der Waals surface area contributed by atoms with Crippen LogP contribution in [0.3, 0.4) is 0 Å². The number of amides is 2. The number of carbonyl (C=O) groups is 4. The number of ether oxygens (including phenoxy) is 2. The van der Waals surface area contributed by atoms with Gasteiger partial charge in [0.1, 0.15) is 5.75 Å². The van der Waals surface area contributed by atoms with Crippen LogP contribution in [0.5, 0.6) is 5.75 Å². The van der Waals surface area contributed by atoms with Gasteiger partial charge in [-0.15, -0.1) is 12.4 Å². The number of hydrogen-bond acceptors (Lipinski definition) is 7. The van der Waals surface area contributed by atoms with Crippen LogP contribution in [-0.4, -0.2) is 85.3 Å². The van der Waals surface area contributed by atoms with Gasteiger partial charge in [0.25, 0.3) is 0 Å². The number of unbranched alkanes of at least 4 members (excludes halogenated alkanes) is 1. The molecule has 1 aromatic carbocycles. The Morgan fingerprint density at radius 1 is 1.06 bits per heavy atom. The van der Waals surface area contributed by atoms with Crippen molar-refractivity contribution in [2.45, 2.75) is 38.6 Å². The zero-order valence-electron chi connectivity index (χ0n) is 18.9. The van der Waals surface area contributed by atoms with E-state index >= 15 is 0 Å². The Labute approximate surface area is 200 Å². The molecular formula is C23H32ClN3O6. The monoisotopic (exact) mass is 481 g/mol. The molecule has 2 heterocycles. The largest absolute Gasteiger partial charge is 0.482 e. The Balaban J connectivity index is 0.00000385. The van der Waals surface area contributed by atoms with Gasteiger partial charge in [0.15, 0.2) is 12.4 Å². The average Bonchev–Trinajstić information content (AvgIpc) is 2.82. The third-order valence-electron chi connectivity index (χ3n) is 5.72. The molecule has 0 aliphatic carbocycles. The van der Waals surface area contributed by atoms with Crippen molar-refractivity contribution >= 4 is 36.0 Å². The van der Waals surface area contributed by atoms with E-state index in [0.717, 1.165) is 38.8 Å². The summed E-state index contributed by atoms with van der Waals surface area (Å²) in [5.74, 6) is -1.40. The van der Waals surface area contributed by atoms with Gasteiger partial charge in [0.2, 0.25) is 0 Å². The first-order valence-electron chi connectivity index (χ1n) is 11.2. The number of ketones is 1. The number of piperazine rings is 1. The lowest BCUT2D eigenvalue weighted by Crippen LogP contribution is -2.59. The van der Waals surface area contributed by atoms with Crippen LogP contribution in [0, 0.1) is 0 Å². The molecule has 0 saturated carbocycles. The van der Waals surface area contributed by atoms with Crippen LogP contribution in [0.1, 0.15) is 43.0 Å². The highest BCUT2D eigenvalue weighted by Gasteiger charge is 2.37. The van der Waals surface area contributed by atoms with Crippen LogP contribution in [0.2, 0.25) is 0 Å². The smallest absolute Gasteiger partial charge is 0.344 e. The van der Waals surface area contributed by atoms with Crippen molar-refractivity contribution in [1.82, 2.24) is 15.1 Å². The van der Waals surface area contributed by atoms with Crippen molar-refractivity contribution in [3.63, 3.8) is 0 Å². The van der Waals surface area contributed by atoms with Crippen molar-refractivity contribution in [3.05, 3.63) is 29.8 Å². The van der Waals surface area contributed by atoms with Crippen molar-refractivity contribution in [2.24, 2.45) is 0 Å². The van der Waals surface area contributed by atoms with E-state index in [2.05, 4.69) is 5.32 Å². The van der Waals surface area contributed by atoms with Gasteiger partial charge >= 0.3 is 17.8 Å². The number of halogens is 1. The van der Waals surface area contributed by atoms with Crippen LogP contribution >= 0.6 is 12.4 Å². The molecule has 3 rings (SSSR count). The number of hydrogen-bond donors (Lipinski definition) is 1. The highest BCUT2D eigenvalue weighted by molar-refractivity contribution is 6.35. The second kappa shape index (κ2) is 13.2. The van der Waals surface area contributed by atoms with Gasteiger partial charge in [0, 0.05) is 24.7 Å². The average molecular weight is 482 g/mol. The molecule has 10 heteroatoms. The molecular weight excluding hydrogens is 450 g/mol. The standard InChI is InChI=1S/C23H31N3O6.ClH/c1-2-3-14-31-21(28)16-32-19-6-4-17(5-7-19)20(27)15-25-12-13-26(23(30)22(25)29)18-8-10-24-11-9-18;/h4-7,18,24H,2-3,8-16H2,1H3;1H. The third kappa shape index (κ3) is 7.43. The van der Waals surface area contributed by atoms with E-state index in [1.165, 1.54) is 4.90 Å². The lowest BCUT2D eigenvalue weighted by molar-refractivity contribution is -0.157. The predicted octanol–water partition coefficient (Wildman–Crippen LogP) is 1.44. The number of nitrogens with one attached hydrogen (secondary N) is 1. The highest BCUT2D eigenvalue weighted by Crippen LogP contribution is 2.18. The van der Waals surface area contributed by atoms with Gasteiger partial charge < -0.3 is 24.6 Å². The summed E-state index contributed by atoms with van der Waals surface area (Å²) < 4.78 is 10.4. The Morgan fingerprint density at radius 2 is 1.76 bits per heavy atom. The molecule has 2 aliphatic heterocycles. The van der Waals surface area contributed by atoms with E-state index in [1.54, 1.807) is 29.2 Å². The number of benzene rings is 1. The predicted molar refractivity (Wildman–Crippen MR) is 124 cm³/mol. The molecule has 182 valence electrons. The van der Waals surface area contributed by atoms with Gasteiger partial charge in [-0.05, 0) is 56.6 Å². The summed E-state index contributed by atoms with van der Waals surface area (Å²) in [5.41, 5.74) is 0.406. The van der Waals surface area contributed by atoms with Gasteiger partial charge in [-0.25, -0.2) is 4.79 Å². The summed E-state index contributed by atoms with van der Waals surface area (Å²) in [6.07, 6.45) is 3.42. The van der Waals surface area contributed by atoms with Crippen molar-refractivity contribution < 1.29 is 28.7 Å². The second-order valence-corrected chi connectivity index (χ2v) is 8.02. The minimum Gasteiger partial charge on any atom is -0.482 e. The minimum atomic E-state index is -0.621. The molecule has 33 heavy (non-hydrogen) atoms. The molecule has 9 nitrogen and oxygen atoms in total. The Bertz CT molecular complexity index is 826. The Kier molecular flexibility index (Phi) is 10.6. The fraction of sp³-hybridized carbons (Fsp3) is 0.565. The molecule has 0 bridgehead atoms. The van der Waals surface area contributed by atoms with Crippen LogP contribution < -0.4 is 10.1 Å². The first kappa shape index (κ1) is 26.6. The van der Waals surface area contributed by atoms with Gasteiger partial charge in [0.05, 0.1) is 13.2 Å². The Morgan fingerprint density at radius 3 is 2.42 bits per heavy atom. The van der Waals surface area contributed by atoms with Crippen molar-refractivity contribution in [1.29, 1.82) is 0 Å². The topological polar surface area (TPSA) is 105 Å². The lowest BCUT2D eigenvalue weighted by atomic mass is 10.0. The first-order valence-corrected chi connectivity index (χ1v) is 11.2. The molecule has 2 aliphatic rings. The zero-order valence-corrected chi connectivity index (χ0v) is 19.7. The van der Waals surface area contributed by atoms with Gasteiger partial charge in [-0.1, -0.05) is 13.3 Å². The maximum Gasteiger partial charge on any atom is 0.344 e. The SMILES string of the molecule is CCCCOC(=O)COc1ccc(C(=O)CN2CCN(C3CCNCC3)C(=O)C2=O)cc1.Cl. The molecule has 0 atom stereocenters. The molecule has 2 amide bonds. The molecule has 2 fully saturated rings. The maximum atomic E-state index is 12.6. The number of rotatable bonds is 10. The first-order chi connectivity index (χ1) is 15.5. The molecule has 0 aromatic heterocycles. The lowest BCUT2D eigenvalue weighted by Gasteiger charge is -2.39. The number of Topliss-reactive ketones (excluding diaryl/α,β-unsaturated/α-hetero) is 1. The van der Waals surface area contributed by atoms with Crippen LogP contribution in [0.4, 0.5) is 0 Å². The van der Waals surface area contributed by atoms with Crippen molar-refractivity contribution in [3.8, 4) is 5.75 Å². The minimum absolute atomic E-state index is 0. The van der Waals surface area contributed by atoms with E-state index in [9.17, 15) is 19.2 Å². The van der Waals surface area contributed by atoms with Crippen LogP contribution in [0.25, 0.3) is 0 Å². The number of carbonyl (C=O) groups excluding carboxylic acids is 4. The zero-order chi connectivity index (χ0) is 22.9. The summed E-state index contributed by atoms with van der Waals surface area (Å²) in [5, 5.41) is 3.25. The number of esters is 1. The molecule has 1 N–H and O–H groups in total. The van der Waals surface area contributed by atoms with Crippen molar-refractivity contribution in [2.75, 3.05) is 45.9 Å². The maximum absolute atomic E-state index is 12.6. The highest BCUT2D eigenvalue weighted by atomic mass is 35.5. The molecule has 0 spiro atoms. The van der Waals surface area contributed by atoms with Gasteiger partial charge in [-0.2, -0.15) is 0 Å². The van der Waals surface area contributed by atoms with Crippen LogP contribution in [-0.2, 0) is 19.1 Å². The summed E-state index contributed by atoms with van der Waals surface area (Å²) in [4.78, 5) is 52.3. The van der Waals surface area contributed by atoms with Crippen LogP contribution in [0.15, 0.2) is 24.3 Å². The summed E-state index contributed by atoms with van der Waals surface area (Å²) >= 11 is 0. The normalized spacial score (nSPS) is 16.9. The van der Waals surface area contributed by atoms with E-state index in [0.29, 0.717) is 31.0 Å². The molecule has 1 aromatic rings. The van der Waals surface area contributed by atoms with E-state index in [4.69, 9.17) is 9.47 Å². The summed E-state index contributed by atoms with van der Waals surface area (Å²) in [7, 11) is 0. The third-order valence-corrected chi connectivity index (χ3v) is 5.72. The van der Waals surface area contributed by atoms with E-state index in [-0.39, 0.29) is 37.4 Å². The molecule has 0 unspecified atom stereocenters. The Hall–Kier alpha value is -2.65. The molecule has 0 radical (unpaired) electrons. The number of nitrogens with zero attached hydrogens (tertiary/aromatic N) is 2. The van der Waals surface area contributed by atoms with E-state index < -0.39 is 17.8 Å². The second-order valence-electron chi connectivity index (χ2n) is 8.02. The fourth-order valence-electron chi connectivity index (χ4n) is 3.82. The fourth-order valence-corrected chi connectivity index (χ4v) is 3.82. The summed E-state index contributed by atoms with van der Waals surface area (Å²) in [6, 6.07) is 6.43. The quantitative estimate of drug-likeness (QED) is 0.233. The van der Waals surface area contributed by atoms with Gasteiger partial charge in [-0.3, -0.25) is 14.4 Å².